The van der Waals surface area contributed by atoms with Gasteiger partial charge < -0.3 is 60.0 Å². The van der Waals surface area contributed by atoms with Crippen molar-refractivity contribution in [3.63, 3.8) is 0 Å². The molecule has 12 atom stereocenters. The number of phosphoric ester groups is 2. The number of hydrogen-bond donors (Lipinski definition) is 8. The number of aromatic nitrogens is 2. The summed E-state index contributed by atoms with van der Waals surface area (Å²) < 4.78 is 64.7. The number of nitrogens with two attached hydrogens (primary N) is 1. The third-order valence-corrected chi connectivity index (χ3v) is 14.8. The van der Waals surface area contributed by atoms with Crippen LogP contribution in [0.3, 0.4) is 0 Å². The fraction of sp³-hybridized carbons (Fsp3) is 0.630. The second kappa shape index (κ2) is 38.4. The molecule has 1 saturated heterocycles. The monoisotopic (exact) mass is 1140 g/mol. The van der Waals surface area contributed by atoms with Gasteiger partial charge >= 0.3 is 33.3 Å². The van der Waals surface area contributed by atoms with E-state index in [2.05, 4.69) is 77.0 Å². The number of phosphoric acid groups is 2. The number of aliphatic hydroxyl groups is 5. The maximum Gasteiger partial charge on any atom is 0.481 e. The van der Waals surface area contributed by atoms with Crippen molar-refractivity contribution in [2.75, 3.05) is 25.6 Å². The smallest absolute Gasteiger partial charge is 0.462 e. The van der Waals surface area contributed by atoms with E-state index in [4.69, 9.17) is 33.7 Å². The number of cyclic esters (lactones) is 1. The highest BCUT2D eigenvalue weighted by molar-refractivity contribution is 7.61. The van der Waals surface area contributed by atoms with Crippen molar-refractivity contribution in [3.8, 4) is 0 Å². The molecule has 0 radical (unpaired) electrons. The Kier molecular flexibility index (Phi) is 33.5. The van der Waals surface area contributed by atoms with Crippen LogP contribution in [0.15, 0.2) is 102 Å². The van der Waals surface area contributed by atoms with Crippen molar-refractivity contribution in [1.82, 2.24) is 9.55 Å². The van der Waals surface area contributed by atoms with Gasteiger partial charge in [-0.1, -0.05) is 125 Å². The summed E-state index contributed by atoms with van der Waals surface area (Å²) in [6.45, 7) is 1.29. The Hall–Kier alpha value is -4.22. The van der Waals surface area contributed by atoms with Crippen molar-refractivity contribution >= 4 is 33.4 Å². The summed E-state index contributed by atoms with van der Waals surface area (Å²) in [5.74, 6) is -2.90. The molecule has 0 amide bonds. The average Bonchev–Trinajstić information content (AvgIpc) is 3.41. The minimum Gasteiger partial charge on any atom is -0.462 e. The van der Waals surface area contributed by atoms with Gasteiger partial charge in [-0.15, -0.1) is 0 Å². The van der Waals surface area contributed by atoms with Crippen LogP contribution in [0.5, 0.6) is 0 Å². The van der Waals surface area contributed by atoms with Crippen molar-refractivity contribution in [2.45, 2.75) is 191 Å². The number of unbranched alkanes of at least 4 members (excludes halogenated alkanes) is 5. The van der Waals surface area contributed by atoms with E-state index < -0.39 is 121 Å². The Morgan fingerprint density at radius 2 is 1.50 bits per heavy atom. The van der Waals surface area contributed by atoms with E-state index in [1.807, 2.05) is 6.92 Å². The van der Waals surface area contributed by atoms with Gasteiger partial charge in [0.25, 0.3) is 0 Å². The summed E-state index contributed by atoms with van der Waals surface area (Å²) >= 11 is 0. The lowest BCUT2D eigenvalue weighted by Crippen LogP contribution is -2.49. The number of hydrogen-bond acceptors (Lipinski definition) is 19. The van der Waals surface area contributed by atoms with Gasteiger partial charge in [0.05, 0.1) is 25.4 Å². The highest BCUT2D eigenvalue weighted by atomic mass is 31.3. The lowest BCUT2D eigenvalue weighted by atomic mass is 9.92. The first-order valence-electron chi connectivity index (χ1n) is 27.0. The third kappa shape index (κ3) is 28.8. The van der Waals surface area contributed by atoms with E-state index >= 15 is 0 Å². The topological polar surface area (TPSA) is 335 Å². The van der Waals surface area contributed by atoms with Crippen molar-refractivity contribution in [2.24, 2.45) is 5.92 Å². The van der Waals surface area contributed by atoms with Crippen LogP contribution < -0.4 is 11.4 Å². The summed E-state index contributed by atoms with van der Waals surface area (Å²) in [5, 5.41) is 56.9. The van der Waals surface area contributed by atoms with Crippen LogP contribution in [0.1, 0.15) is 142 Å². The standard InChI is InChI=1S/C54H85N3O19P2/c1-3-5-7-8-9-10-11-12-13-14-15-16-17-18-19-20-21-22-27-31-48(60)70-38-42-39-71-77(66,67)76-78(68,69)72-40-46-52(64)51(63)45(34-33-41(58)29-25-6-4-2)74-50(62)37-44(59)43(30-26-23-24-28-32-49(61)73-42)53(75-46)57-36-35-47(55)56-54(57)65/h5,7,9-10,12-13,15-16,18-19,23,26,33-36,41-46,50-53,58-59,62-64H,3-4,6,8,11,14,17,20-22,24-25,27-32,37-40H2,1-2H3,(H,66,67)(H,68,69)(H2,55,56,65)/b7-5-,10-9-,13-12-,16-15-,19-18-,26-23?,34-33+/t41-,42+,43-,44-,45+,46+,50?,51-,52+,53+/m0/s1. The maximum absolute atomic E-state index is 13.4. The average molecular weight is 1140 g/mol. The lowest BCUT2D eigenvalue weighted by Gasteiger charge is -2.36. The Balaban J connectivity index is 1.74. The van der Waals surface area contributed by atoms with Crippen LogP contribution >= 0.6 is 15.6 Å². The van der Waals surface area contributed by atoms with Crippen LogP contribution in [-0.4, -0.2) is 126 Å². The highest BCUT2D eigenvalue weighted by Gasteiger charge is 2.44. The highest BCUT2D eigenvalue weighted by Crippen LogP contribution is 2.60. The van der Waals surface area contributed by atoms with Crippen LogP contribution in [0, 0.1) is 5.92 Å². The zero-order valence-corrected chi connectivity index (χ0v) is 46.8. The molecular weight excluding hydrogens is 1060 g/mol. The maximum atomic E-state index is 13.4. The van der Waals surface area contributed by atoms with Gasteiger partial charge in [0, 0.05) is 31.4 Å². The minimum atomic E-state index is -5.74. The van der Waals surface area contributed by atoms with E-state index in [1.165, 1.54) is 18.2 Å². The van der Waals surface area contributed by atoms with Gasteiger partial charge in [-0.2, -0.15) is 9.29 Å². The molecule has 0 saturated carbocycles. The van der Waals surface area contributed by atoms with E-state index in [-0.39, 0.29) is 37.9 Å². The lowest BCUT2D eigenvalue weighted by molar-refractivity contribution is -0.192. The number of rotatable bonds is 24. The van der Waals surface area contributed by atoms with Crippen molar-refractivity contribution < 1.29 is 86.3 Å². The van der Waals surface area contributed by atoms with Crippen LogP contribution in [0.2, 0.25) is 0 Å². The van der Waals surface area contributed by atoms with Crippen LogP contribution in [0.4, 0.5) is 5.82 Å². The molecule has 0 spiro atoms. The van der Waals surface area contributed by atoms with Crippen LogP contribution in [-0.2, 0) is 51.0 Å². The van der Waals surface area contributed by atoms with Crippen LogP contribution in [0.25, 0.3) is 0 Å². The number of anilines is 1. The molecule has 0 aromatic carbocycles. The number of aliphatic hydroxyl groups excluding tert-OH is 5. The van der Waals surface area contributed by atoms with Gasteiger partial charge in [0.2, 0.25) is 0 Å². The second-order valence-corrected chi connectivity index (χ2v) is 21.9. The SMILES string of the molecule is CC/C=C\C/C=C\C/C=C\C/C=C\C/C=C\CCCCCC(=O)OC[C@@H]1COP(=O)(O)OP(=O)(O)OC[C@H]2O[C@@H](n3ccc(N)nc3=O)[C@@H](CC=CCCCC(=O)O1)[C@@H](O)CC(O)O[C@H](/C=C/[C@@H](O)CCCCC)[C@H](O)[C@@H]2O. The first-order valence-corrected chi connectivity index (χ1v) is 30.0. The fourth-order valence-electron chi connectivity index (χ4n) is 8.02. The molecule has 0 aliphatic carbocycles. The zero-order chi connectivity index (χ0) is 57.2. The van der Waals surface area contributed by atoms with Gasteiger partial charge in [-0.3, -0.25) is 23.2 Å². The number of carbonyl (C=O) groups excluding carboxylic acids is 2. The molecule has 2 aliphatic heterocycles. The number of fused-ring (bicyclic) bond motifs is 3. The molecule has 78 heavy (non-hydrogen) atoms. The molecule has 1 aromatic heterocycles. The number of carbonyl (C=O) groups is 2. The van der Waals surface area contributed by atoms with Gasteiger partial charge in [-0.05, 0) is 83.1 Å². The van der Waals surface area contributed by atoms with E-state index in [0.717, 1.165) is 75.0 Å². The predicted octanol–water partition coefficient (Wildman–Crippen LogP) is 7.55. The summed E-state index contributed by atoms with van der Waals surface area (Å²) in [6, 6.07) is 1.22. The van der Waals surface area contributed by atoms with Gasteiger partial charge in [0.15, 0.2) is 12.4 Å². The fourth-order valence-corrected chi connectivity index (χ4v) is 10.1. The number of allylic oxidation sites excluding steroid dienone is 12. The summed E-state index contributed by atoms with van der Waals surface area (Å²) in [7, 11) is -11.4. The van der Waals surface area contributed by atoms with E-state index in [0.29, 0.717) is 19.3 Å². The quantitative estimate of drug-likeness (QED) is 0.0214. The molecule has 3 rings (SSSR count). The predicted molar refractivity (Wildman–Crippen MR) is 292 cm³/mol. The molecule has 3 heterocycles. The number of nitrogens with zero attached hydrogens (tertiary/aromatic N) is 2. The Labute approximate surface area is 458 Å². The summed E-state index contributed by atoms with van der Waals surface area (Å²) in [4.78, 5) is 64.3. The number of nitrogen functional groups attached to an aromatic ring is 1. The molecule has 1 aromatic rings. The van der Waals surface area contributed by atoms with Crippen molar-refractivity contribution in [1.29, 1.82) is 0 Å². The molecule has 22 nitrogen and oxygen atoms in total. The number of ether oxygens (including phenoxy) is 4. The third-order valence-electron chi connectivity index (χ3n) is 12.2. The molecule has 440 valence electrons. The molecule has 2 bridgehead atoms. The van der Waals surface area contributed by atoms with Gasteiger partial charge in [-0.25, -0.2) is 13.9 Å². The molecule has 2 aliphatic rings. The summed E-state index contributed by atoms with van der Waals surface area (Å²) in [6.07, 6.45) is 22.3. The first-order chi connectivity index (χ1) is 37.3. The molecular formula is C54H85N3O19P2. The number of esters is 2. The largest absolute Gasteiger partial charge is 0.481 e. The Bertz CT molecular complexity index is 2270. The van der Waals surface area contributed by atoms with Gasteiger partial charge in [0.1, 0.15) is 43.1 Å². The van der Waals surface area contributed by atoms with E-state index in [1.54, 1.807) is 12.2 Å². The molecule has 9 N–H and O–H groups in total. The normalized spacial score (nSPS) is 29.4. The zero-order valence-electron chi connectivity index (χ0n) is 45.0. The second-order valence-electron chi connectivity index (χ2n) is 18.9. The molecule has 24 heteroatoms. The summed E-state index contributed by atoms with van der Waals surface area (Å²) in [5.41, 5.74) is 4.75. The Morgan fingerprint density at radius 1 is 0.846 bits per heavy atom. The Morgan fingerprint density at radius 3 is 2.15 bits per heavy atom. The van der Waals surface area contributed by atoms with E-state index in [9.17, 15) is 58.8 Å². The molecule has 3 unspecified atom stereocenters. The molecule has 1 fully saturated rings. The van der Waals surface area contributed by atoms with Crippen molar-refractivity contribution in [3.05, 3.63) is 108 Å². The first kappa shape index (κ1) is 68.1. The minimum absolute atomic E-state index is 0.0298.